The average molecular weight is 418 g/mol. The Labute approximate surface area is 169 Å². The second kappa shape index (κ2) is 7.53. The minimum absolute atomic E-state index is 0.230. The highest BCUT2D eigenvalue weighted by atomic mass is 32.1. The van der Waals surface area contributed by atoms with Gasteiger partial charge in [-0.2, -0.15) is 0 Å². The number of anilines is 1. The highest BCUT2D eigenvalue weighted by Crippen LogP contribution is 2.38. The van der Waals surface area contributed by atoms with Crippen molar-refractivity contribution in [3.8, 4) is 9.88 Å². The number of nitrogens with zero attached hydrogens (tertiary/aromatic N) is 1. The van der Waals surface area contributed by atoms with Crippen molar-refractivity contribution in [2.45, 2.75) is 39.0 Å². The molecule has 0 bridgehead atoms. The Bertz CT molecular complexity index is 1000. The highest BCUT2D eigenvalue weighted by Gasteiger charge is 2.25. The van der Waals surface area contributed by atoms with Crippen molar-refractivity contribution < 1.29 is 9.59 Å². The van der Waals surface area contributed by atoms with Crippen LogP contribution in [0.1, 0.15) is 55.4 Å². The standard InChI is InChI=1S/C19H19N3O2S3/c1-10-15(27-18(21-10)13-8-5-9-25-13)17(24)22-19-14(16(20)23)11-6-3-2-4-7-12(11)26-19/h5,8-9H,2-4,6-7H2,1H3,(H2,20,23)(H,22,24). The summed E-state index contributed by atoms with van der Waals surface area (Å²) in [5, 5.41) is 6.34. The molecule has 0 spiro atoms. The Kier molecular flexibility index (Phi) is 5.12. The number of carbonyl (C=O) groups is 2. The quantitative estimate of drug-likeness (QED) is 0.594. The van der Waals surface area contributed by atoms with E-state index in [1.807, 2.05) is 24.4 Å². The molecule has 0 radical (unpaired) electrons. The van der Waals surface area contributed by atoms with Crippen molar-refractivity contribution in [2.24, 2.45) is 5.73 Å². The molecule has 5 nitrogen and oxygen atoms in total. The third-order valence-corrected chi connectivity index (χ3v) is 8.03. The van der Waals surface area contributed by atoms with Crippen LogP contribution in [0.5, 0.6) is 0 Å². The summed E-state index contributed by atoms with van der Waals surface area (Å²) in [5.74, 6) is -0.697. The lowest BCUT2D eigenvalue weighted by Crippen LogP contribution is -2.18. The van der Waals surface area contributed by atoms with Gasteiger partial charge in [-0.25, -0.2) is 4.98 Å². The minimum Gasteiger partial charge on any atom is -0.365 e. The molecule has 3 N–H and O–H groups in total. The molecule has 0 saturated carbocycles. The predicted octanol–water partition coefficient (Wildman–Crippen LogP) is 4.86. The van der Waals surface area contributed by atoms with Gasteiger partial charge in [0, 0.05) is 4.88 Å². The number of nitrogens with one attached hydrogen (secondary N) is 1. The summed E-state index contributed by atoms with van der Waals surface area (Å²) < 4.78 is 0. The molecule has 1 aliphatic rings. The summed E-state index contributed by atoms with van der Waals surface area (Å²) in [6, 6.07) is 3.96. The summed E-state index contributed by atoms with van der Waals surface area (Å²) in [5.41, 5.74) is 7.87. The molecule has 3 heterocycles. The van der Waals surface area contributed by atoms with E-state index in [2.05, 4.69) is 10.3 Å². The van der Waals surface area contributed by atoms with E-state index in [4.69, 9.17) is 5.73 Å². The Balaban J connectivity index is 1.65. The van der Waals surface area contributed by atoms with Gasteiger partial charge in [-0.3, -0.25) is 9.59 Å². The number of thiazole rings is 1. The lowest BCUT2D eigenvalue weighted by atomic mass is 10.1. The predicted molar refractivity (Wildman–Crippen MR) is 112 cm³/mol. The highest BCUT2D eigenvalue weighted by molar-refractivity contribution is 7.22. The van der Waals surface area contributed by atoms with Crippen molar-refractivity contribution in [3.05, 3.63) is 44.1 Å². The van der Waals surface area contributed by atoms with Gasteiger partial charge < -0.3 is 11.1 Å². The summed E-state index contributed by atoms with van der Waals surface area (Å²) in [7, 11) is 0. The zero-order chi connectivity index (χ0) is 19.0. The van der Waals surface area contributed by atoms with E-state index in [0.29, 0.717) is 21.1 Å². The topological polar surface area (TPSA) is 85.1 Å². The summed E-state index contributed by atoms with van der Waals surface area (Å²) >= 11 is 4.46. The van der Waals surface area contributed by atoms with Gasteiger partial charge in [0.25, 0.3) is 11.8 Å². The number of fused-ring (bicyclic) bond motifs is 1. The maximum atomic E-state index is 12.9. The zero-order valence-electron chi connectivity index (χ0n) is 14.8. The first-order valence-corrected chi connectivity index (χ1v) is 11.3. The van der Waals surface area contributed by atoms with E-state index in [9.17, 15) is 9.59 Å². The van der Waals surface area contributed by atoms with Crippen molar-refractivity contribution in [3.63, 3.8) is 0 Å². The van der Waals surface area contributed by atoms with Gasteiger partial charge >= 0.3 is 0 Å². The van der Waals surface area contributed by atoms with Gasteiger partial charge in [0.15, 0.2) is 0 Å². The smallest absolute Gasteiger partial charge is 0.268 e. The molecule has 0 unspecified atom stereocenters. The molecule has 3 aromatic rings. The lowest BCUT2D eigenvalue weighted by Gasteiger charge is -2.05. The molecule has 0 saturated heterocycles. The Morgan fingerprint density at radius 1 is 1.19 bits per heavy atom. The van der Waals surface area contributed by atoms with Crippen LogP contribution in [0.3, 0.4) is 0 Å². The number of rotatable bonds is 4. The lowest BCUT2D eigenvalue weighted by molar-refractivity contribution is 0.100. The molecule has 0 fully saturated rings. The fourth-order valence-electron chi connectivity index (χ4n) is 3.36. The van der Waals surface area contributed by atoms with Crippen molar-refractivity contribution >= 4 is 50.8 Å². The van der Waals surface area contributed by atoms with Gasteiger partial charge in [0.2, 0.25) is 0 Å². The largest absolute Gasteiger partial charge is 0.365 e. The van der Waals surface area contributed by atoms with Crippen LogP contribution in [0, 0.1) is 6.92 Å². The normalized spacial score (nSPS) is 13.8. The Morgan fingerprint density at radius 2 is 2.00 bits per heavy atom. The Hall–Kier alpha value is -2.03. The maximum Gasteiger partial charge on any atom is 0.268 e. The molecular formula is C19H19N3O2S3. The molecular weight excluding hydrogens is 398 g/mol. The average Bonchev–Trinajstić information content (AvgIpc) is 3.31. The molecule has 3 aromatic heterocycles. The number of hydrogen-bond donors (Lipinski definition) is 2. The number of aromatic nitrogens is 1. The first-order valence-electron chi connectivity index (χ1n) is 8.81. The number of aryl methyl sites for hydroxylation is 2. The van der Waals surface area contributed by atoms with Gasteiger partial charge in [0.1, 0.15) is 14.9 Å². The SMILES string of the molecule is Cc1nc(-c2cccs2)sc1C(=O)Nc1sc2c(c1C(N)=O)CCCCC2. The molecule has 140 valence electrons. The van der Waals surface area contributed by atoms with Gasteiger partial charge in [-0.15, -0.1) is 34.0 Å². The van der Waals surface area contributed by atoms with Crippen LogP contribution in [-0.2, 0) is 12.8 Å². The molecule has 0 aliphatic heterocycles. The second-order valence-electron chi connectivity index (χ2n) is 6.50. The molecule has 0 aromatic carbocycles. The van der Waals surface area contributed by atoms with Crippen LogP contribution < -0.4 is 11.1 Å². The zero-order valence-corrected chi connectivity index (χ0v) is 17.3. The van der Waals surface area contributed by atoms with Crippen LogP contribution in [0.25, 0.3) is 9.88 Å². The number of carbonyl (C=O) groups excluding carboxylic acids is 2. The van der Waals surface area contributed by atoms with Crippen LogP contribution in [0.4, 0.5) is 5.00 Å². The fourth-order valence-corrected chi connectivity index (χ4v) is 6.41. The summed E-state index contributed by atoms with van der Waals surface area (Å²) in [6.45, 7) is 1.83. The number of hydrogen-bond acceptors (Lipinski definition) is 6. The minimum atomic E-state index is -0.468. The molecule has 27 heavy (non-hydrogen) atoms. The van der Waals surface area contributed by atoms with Gasteiger partial charge in [-0.1, -0.05) is 12.5 Å². The van der Waals surface area contributed by atoms with E-state index < -0.39 is 5.91 Å². The van der Waals surface area contributed by atoms with Crippen LogP contribution in [-0.4, -0.2) is 16.8 Å². The molecule has 2 amide bonds. The number of nitrogens with two attached hydrogens (primary N) is 1. The summed E-state index contributed by atoms with van der Waals surface area (Å²) in [6.07, 6.45) is 5.11. The van der Waals surface area contributed by atoms with Crippen molar-refractivity contribution in [1.29, 1.82) is 0 Å². The number of amides is 2. The number of thiophene rings is 2. The third kappa shape index (κ3) is 3.56. The molecule has 0 atom stereocenters. The third-order valence-electron chi connectivity index (χ3n) is 4.63. The second-order valence-corrected chi connectivity index (χ2v) is 9.55. The first kappa shape index (κ1) is 18.3. The number of primary amides is 1. The molecule has 1 aliphatic carbocycles. The van der Waals surface area contributed by atoms with Crippen LogP contribution in [0.2, 0.25) is 0 Å². The van der Waals surface area contributed by atoms with Crippen molar-refractivity contribution in [1.82, 2.24) is 4.98 Å². The maximum absolute atomic E-state index is 12.9. The van der Waals surface area contributed by atoms with Crippen LogP contribution in [0.15, 0.2) is 17.5 Å². The fraction of sp³-hybridized carbons (Fsp3) is 0.316. The van der Waals surface area contributed by atoms with Gasteiger partial charge in [0.05, 0.1) is 16.1 Å². The van der Waals surface area contributed by atoms with E-state index >= 15 is 0 Å². The summed E-state index contributed by atoms with van der Waals surface area (Å²) in [4.78, 5) is 32.3. The van der Waals surface area contributed by atoms with E-state index in [-0.39, 0.29) is 5.91 Å². The van der Waals surface area contributed by atoms with Gasteiger partial charge in [-0.05, 0) is 49.6 Å². The van der Waals surface area contributed by atoms with E-state index in [1.54, 1.807) is 11.3 Å². The van der Waals surface area contributed by atoms with E-state index in [0.717, 1.165) is 47.6 Å². The molecule has 8 heteroatoms. The van der Waals surface area contributed by atoms with Crippen molar-refractivity contribution in [2.75, 3.05) is 5.32 Å². The van der Waals surface area contributed by atoms with E-state index in [1.165, 1.54) is 27.6 Å². The monoisotopic (exact) mass is 417 g/mol. The first-order chi connectivity index (χ1) is 13.0. The molecule has 4 rings (SSSR count). The van der Waals surface area contributed by atoms with Crippen LogP contribution >= 0.6 is 34.0 Å². The Morgan fingerprint density at radius 3 is 2.74 bits per heavy atom.